The Hall–Kier alpha value is -1.65. The van der Waals surface area contributed by atoms with Crippen molar-refractivity contribution < 1.29 is 24.6 Å². The van der Waals surface area contributed by atoms with Gasteiger partial charge in [-0.25, -0.2) is 4.79 Å². The predicted molar refractivity (Wildman–Crippen MR) is 45.7 cm³/mol. The second kappa shape index (κ2) is 3.25. The van der Waals surface area contributed by atoms with E-state index in [9.17, 15) is 14.4 Å². The fourth-order valence-corrected chi connectivity index (χ4v) is 1.33. The van der Waals surface area contributed by atoms with Crippen molar-refractivity contribution in [3.8, 4) is 0 Å². The molecular formula is C9H10O5. The van der Waals surface area contributed by atoms with Crippen molar-refractivity contribution in [1.82, 2.24) is 0 Å². The summed E-state index contributed by atoms with van der Waals surface area (Å²) in [5, 5.41) is 17.5. The number of carboxylic acids is 2. The zero-order chi connectivity index (χ0) is 10.9. The van der Waals surface area contributed by atoms with E-state index in [0.717, 1.165) is 6.08 Å². The molecular weight excluding hydrogens is 188 g/mol. The standard InChI is InChI=1S/C9H10O5/c1-9(8(13)14)3-2-6(10)5(4-9)7(11)12/h4H,2-3H2,1H3,(H,11,12)(H,13,14). The lowest BCUT2D eigenvalue weighted by Crippen LogP contribution is -2.32. The number of carbonyl (C=O) groups excluding carboxylic acids is 1. The maximum Gasteiger partial charge on any atom is 0.339 e. The average Bonchev–Trinajstić information content (AvgIpc) is 2.09. The van der Waals surface area contributed by atoms with Crippen molar-refractivity contribution in [2.45, 2.75) is 19.8 Å². The third kappa shape index (κ3) is 1.66. The molecule has 1 aliphatic rings. The number of Topliss-reactive ketones (excluding diaryl/α,β-unsaturated/α-hetero) is 1. The molecule has 14 heavy (non-hydrogen) atoms. The largest absolute Gasteiger partial charge is 0.481 e. The van der Waals surface area contributed by atoms with Crippen LogP contribution in [0.3, 0.4) is 0 Å². The van der Waals surface area contributed by atoms with Crippen LogP contribution in [0.25, 0.3) is 0 Å². The summed E-state index contributed by atoms with van der Waals surface area (Å²) in [7, 11) is 0. The summed E-state index contributed by atoms with van der Waals surface area (Å²) in [6, 6.07) is 0. The molecule has 0 aromatic heterocycles. The summed E-state index contributed by atoms with van der Waals surface area (Å²) in [5.41, 5.74) is -1.65. The molecule has 0 radical (unpaired) electrons. The first-order chi connectivity index (χ1) is 6.37. The maximum atomic E-state index is 11.1. The predicted octanol–water partition coefficient (Wildman–Crippen LogP) is 0.451. The minimum atomic E-state index is -1.36. The normalized spacial score (nSPS) is 26.9. The molecule has 0 bridgehead atoms. The highest BCUT2D eigenvalue weighted by atomic mass is 16.4. The van der Waals surface area contributed by atoms with Crippen LogP contribution in [0.2, 0.25) is 0 Å². The molecule has 0 saturated heterocycles. The lowest BCUT2D eigenvalue weighted by Gasteiger charge is -2.24. The van der Waals surface area contributed by atoms with Gasteiger partial charge in [0.2, 0.25) is 0 Å². The highest BCUT2D eigenvalue weighted by molar-refractivity contribution is 6.17. The molecule has 2 N–H and O–H groups in total. The van der Waals surface area contributed by atoms with Crippen molar-refractivity contribution in [3.05, 3.63) is 11.6 Å². The molecule has 76 valence electrons. The second-order valence-corrected chi connectivity index (χ2v) is 3.51. The Kier molecular flexibility index (Phi) is 2.42. The van der Waals surface area contributed by atoms with Gasteiger partial charge in [-0.1, -0.05) is 0 Å². The van der Waals surface area contributed by atoms with Gasteiger partial charge in [-0.2, -0.15) is 0 Å². The minimum Gasteiger partial charge on any atom is -0.481 e. The van der Waals surface area contributed by atoms with Crippen LogP contribution >= 0.6 is 0 Å². The molecule has 0 spiro atoms. The molecule has 0 fully saturated rings. The minimum absolute atomic E-state index is 0.0269. The summed E-state index contributed by atoms with van der Waals surface area (Å²) >= 11 is 0. The molecule has 0 amide bonds. The first-order valence-electron chi connectivity index (χ1n) is 4.09. The molecule has 1 rings (SSSR count). The first-order valence-corrected chi connectivity index (χ1v) is 4.09. The van der Waals surface area contributed by atoms with E-state index in [1.165, 1.54) is 6.92 Å². The Morgan fingerprint density at radius 2 is 2.00 bits per heavy atom. The molecule has 0 aromatic rings. The monoisotopic (exact) mass is 198 g/mol. The molecule has 0 saturated carbocycles. The molecule has 1 unspecified atom stereocenters. The zero-order valence-corrected chi connectivity index (χ0v) is 7.61. The van der Waals surface area contributed by atoms with Gasteiger partial charge in [0.25, 0.3) is 0 Å². The Balaban J connectivity index is 3.14. The van der Waals surface area contributed by atoms with Gasteiger partial charge in [0, 0.05) is 6.42 Å². The zero-order valence-electron chi connectivity index (χ0n) is 7.61. The van der Waals surface area contributed by atoms with Gasteiger partial charge in [-0.05, 0) is 19.4 Å². The fraction of sp³-hybridized carbons (Fsp3) is 0.444. The average molecular weight is 198 g/mol. The van der Waals surface area contributed by atoms with Crippen LogP contribution in [0.15, 0.2) is 11.6 Å². The van der Waals surface area contributed by atoms with E-state index >= 15 is 0 Å². The topological polar surface area (TPSA) is 91.7 Å². The molecule has 0 aromatic carbocycles. The smallest absolute Gasteiger partial charge is 0.339 e. The van der Waals surface area contributed by atoms with Crippen LogP contribution in [0, 0.1) is 5.41 Å². The molecule has 0 aliphatic heterocycles. The van der Waals surface area contributed by atoms with E-state index in [-0.39, 0.29) is 12.8 Å². The van der Waals surface area contributed by atoms with Crippen LogP contribution in [-0.4, -0.2) is 27.9 Å². The number of aliphatic carboxylic acids is 2. The summed E-state index contributed by atoms with van der Waals surface area (Å²) < 4.78 is 0. The third-order valence-electron chi connectivity index (χ3n) is 2.35. The van der Waals surface area contributed by atoms with Gasteiger partial charge in [0.05, 0.1) is 11.0 Å². The third-order valence-corrected chi connectivity index (χ3v) is 2.35. The van der Waals surface area contributed by atoms with E-state index in [4.69, 9.17) is 10.2 Å². The van der Waals surface area contributed by atoms with E-state index in [1.807, 2.05) is 0 Å². The van der Waals surface area contributed by atoms with E-state index in [0.29, 0.717) is 0 Å². The number of ketones is 1. The number of carbonyl (C=O) groups is 3. The van der Waals surface area contributed by atoms with Gasteiger partial charge in [0.15, 0.2) is 5.78 Å². The van der Waals surface area contributed by atoms with Crippen LogP contribution in [0.5, 0.6) is 0 Å². The van der Waals surface area contributed by atoms with E-state index in [1.54, 1.807) is 0 Å². The summed E-state index contributed by atoms with van der Waals surface area (Å²) in [5.74, 6) is -2.97. The highest BCUT2D eigenvalue weighted by Gasteiger charge is 2.38. The fourth-order valence-electron chi connectivity index (χ4n) is 1.33. The van der Waals surface area contributed by atoms with Crippen LogP contribution in [0.1, 0.15) is 19.8 Å². The van der Waals surface area contributed by atoms with Gasteiger partial charge in [-0.3, -0.25) is 9.59 Å². The van der Waals surface area contributed by atoms with Crippen LogP contribution in [0.4, 0.5) is 0 Å². The Bertz CT molecular complexity index is 341. The maximum absolute atomic E-state index is 11.1. The highest BCUT2D eigenvalue weighted by Crippen LogP contribution is 2.32. The summed E-state index contributed by atoms with van der Waals surface area (Å²) in [4.78, 5) is 32.5. The molecule has 5 nitrogen and oxygen atoms in total. The Morgan fingerprint density at radius 1 is 1.43 bits per heavy atom. The first kappa shape index (κ1) is 10.4. The summed E-state index contributed by atoms with van der Waals surface area (Å²) in [6.07, 6.45) is 1.16. The second-order valence-electron chi connectivity index (χ2n) is 3.51. The number of hydrogen-bond acceptors (Lipinski definition) is 3. The molecule has 0 heterocycles. The van der Waals surface area contributed by atoms with Gasteiger partial charge < -0.3 is 10.2 Å². The van der Waals surface area contributed by atoms with Crippen molar-refractivity contribution >= 4 is 17.7 Å². The number of carboxylic acid groups (broad SMARTS) is 2. The number of rotatable bonds is 2. The quantitative estimate of drug-likeness (QED) is 0.628. The molecule has 1 aliphatic carbocycles. The molecule has 1 atom stereocenters. The van der Waals surface area contributed by atoms with Crippen molar-refractivity contribution in [1.29, 1.82) is 0 Å². The van der Waals surface area contributed by atoms with Crippen LogP contribution < -0.4 is 0 Å². The van der Waals surface area contributed by atoms with E-state index < -0.39 is 28.7 Å². The SMILES string of the molecule is CC1(C(=O)O)C=C(C(=O)O)C(=O)CC1. The van der Waals surface area contributed by atoms with Gasteiger partial charge >= 0.3 is 11.9 Å². The lowest BCUT2D eigenvalue weighted by atomic mass is 9.77. The Labute approximate surface area is 80.0 Å². The summed E-state index contributed by atoms with van der Waals surface area (Å²) in [6.45, 7) is 1.41. The van der Waals surface area contributed by atoms with E-state index in [2.05, 4.69) is 0 Å². The van der Waals surface area contributed by atoms with Crippen molar-refractivity contribution in [3.63, 3.8) is 0 Å². The van der Waals surface area contributed by atoms with Crippen molar-refractivity contribution in [2.24, 2.45) is 5.41 Å². The van der Waals surface area contributed by atoms with Crippen LogP contribution in [-0.2, 0) is 14.4 Å². The number of hydrogen-bond donors (Lipinski definition) is 2. The Morgan fingerprint density at radius 3 is 2.43 bits per heavy atom. The van der Waals surface area contributed by atoms with Gasteiger partial charge in [-0.15, -0.1) is 0 Å². The van der Waals surface area contributed by atoms with Crippen molar-refractivity contribution in [2.75, 3.05) is 0 Å². The lowest BCUT2D eigenvalue weighted by molar-refractivity contribution is -0.146. The molecule has 5 heteroatoms. The van der Waals surface area contributed by atoms with Gasteiger partial charge in [0.1, 0.15) is 0 Å².